The molecule has 1 N–H and O–H groups in total. The first-order valence-corrected chi connectivity index (χ1v) is 10.7. The van der Waals surface area contributed by atoms with E-state index >= 15 is 0 Å². The highest BCUT2D eigenvalue weighted by molar-refractivity contribution is 5.94. The predicted octanol–water partition coefficient (Wildman–Crippen LogP) is 3.00. The summed E-state index contributed by atoms with van der Waals surface area (Å²) in [7, 11) is 3.36. The molecule has 2 aromatic rings. The first-order valence-electron chi connectivity index (χ1n) is 10.7. The molecule has 1 unspecified atom stereocenters. The average molecular weight is 422 g/mol. The van der Waals surface area contributed by atoms with Gasteiger partial charge < -0.3 is 15.1 Å². The van der Waals surface area contributed by atoms with E-state index < -0.39 is 6.04 Å². The molecule has 31 heavy (non-hydrogen) atoms. The van der Waals surface area contributed by atoms with Crippen LogP contribution in [0.3, 0.4) is 0 Å². The van der Waals surface area contributed by atoms with E-state index in [4.69, 9.17) is 0 Å². The number of carbonyl (C=O) groups is 3. The first kappa shape index (κ1) is 22.5. The summed E-state index contributed by atoms with van der Waals surface area (Å²) >= 11 is 0. The Morgan fingerprint density at radius 1 is 1.06 bits per heavy atom. The largest absolute Gasteiger partial charge is 0.355 e. The number of nitrogens with one attached hydrogen (secondary N) is 1. The van der Waals surface area contributed by atoms with E-state index in [1.807, 2.05) is 50.2 Å². The average Bonchev–Trinajstić information content (AvgIpc) is 2.77. The molecule has 2 aromatic carbocycles. The van der Waals surface area contributed by atoms with Crippen molar-refractivity contribution in [2.45, 2.75) is 45.8 Å². The topological polar surface area (TPSA) is 69.7 Å². The van der Waals surface area contributed by atoms with Gasteiger partial charge in [0.2, 0.25) is 11.8 Å². The van der Waals surface area contributed by atoms with Gasteiger partial charge in [-0.25, -0.2) is 0 Å². The maximum atomic E-state index is 13.4. The quantitative estimate of drug-likeness (QED) is 0.780. The van der Waals surface area contributed by atoms with Crippen molar-refractivity contribution in [3.8, 4) is 0 Å². The monoisotopic (exact) mass is 421 g/mol. The van der Waals surface area contributed by atoms with Crippen LogP contribution >= 0.6 is 0 Å². The molecule has 0 fully saturated rings. The molecule has 3 rings (SSSR count). The van der Waals surface area contributed by atoms with Crippen LogP contribution < -0.4 is 5.32 Å². The minimum atomic E-state index is -0.503. The third-order valence-electron chi connectivity index (χ3n) is 5.68. The smallest absolute Gasteiger partial charge is 0.251 e. The number of hydrogen-bond acceptors (Lipinski definition) is 3. The van der Waals surface area contributed by atoms with E-state index in [9.17, 15) is 14.4 Å². The standard InChI is InChI=1S/C25H31N3O3/c1-17(2)13-23(29)28-16-21-8-6-5-7-20(21)14-22(28)25(31)27(4)15-18-9-11-19(12-10-18)24(30)26-3/h5-12,17,22H,13-16H2,1-4H3,(H,26,30). The van der Waals surface area contributed by atoms with Crippen molar-refractivity contribution in [1.29, 1.82) is 0 Å². The molecule has 0 radical (unpaired) electrons. The van der Waals surface area contributed by atoms with Gasteiger partial charge in [-0.2, -0.15) is 0 Å². The summed E-state index contributed by atoms with van der Waals surface area (Å²) < 4.78 is 0. The van der Waals surface area contributed by atoms with E-state index in [0.717, 1.165) is 16.7 Å². The molecule has 0 saturated heterocycles. The SMILES string of the molecule is CNC(=O)c1ccc(CN(C)C(=O)C2Cc3ccccc3CN2C(=O)CC(C)C)cc1. The minimum Gasteiger partial charge on any atom is -0.355 e. The Labute approximate surface area is 184 Å². The number of benzene rings is 2. The molecule has 0 aliphatic carbocycles. The second-order valence-electron chi connectivity index (χ2n) is 8.58. The van der Waals surface area contributed by atoms with Crippen LogP contribution in [0.1, 0.15) is 47.3 Å². The second-order valence-corrected chi connectivity index (χ2v) is 8.58. The van der Waals surface area contributed by atoms with E-state index in [1.165, 1.54) is 0 Å². The number of fused-ring (bicyclic) bond motifs is 1. The van der Waals surface area contributed by atoms with Gasteiger partial charge in [-0.3, -0.25) is 14.4 Å². The zero-order valence-electron chi connectivity index (χ0n) is 18.7. The van der Waals surface area contributed by atoms with E-state index in [0.29, 0.717) is 31.5 Å². The number of amides is 3. The molecule has 1 atom stereocenters. The van der Waals surface area contributed by atoms with Gasteiger partial charge in [-0.05, 0) is 34.7 Å². The van der Waals surface area contributed by atoms with Crippen molar-refractivity contribution in [2.24, 2.45) is 5.92 Å². The van der Waals surface area contributed by atoms with Crippen molar-refractivity contribution in [3.05, 3.63) is 70.8 Å². The fourth-order valence-corrected chi connectivity index (χ4v) is 3.98. The highest BCUT2D eigenvalue weighted by Gasteiger charge is 2.36. The van der Waals surface area contributed by atoms with E-state index in [1.54, 1.807) is 36.0 Å². The van der Waals surface area contributed by atoms with Crippen molar-refractivity contribution in [2.75, 3.05) is 14.1 Å². The van der Waals surface area contributed by atoms with Gasteiger partial charge >= 0.3 is 0 Å². The van der Waals surface area contributed by atoms with E-state index in [2.05, 4.69) is 5.32 Å². The summed E-state index contributed by atoms with van der Waals surface area (Å²) in [4.78, 5) is 41.5. The van der Waals surface area contributed by atoms with Crippen LogP contribution in [0.4, 0.5) is 0 Å². The fraction of sp³-hybridized carbons (Fsp3) is 0.400. The maximum absolute atomic E-state index is 13.4. The summed E-state index contributed by atoms with van der Waals surface area (Å²) in [5, 5.41) is 2.60. The van der Waals surface area contributed by atoms with Crippen LogP contribution in [0.2, 0.25) is 0 Å². The van der Waals surface area contributed by atoms with Crippen LogP contribution in [0.15, 0.2) is 48.5 Å². The van der Waals surface area contributed by atoms with E-state index in [-0.39, 0.29) is 23.6 Å². The zero-order chi connectivity index (χ0) is 22.5. The molecule has 0 spiro atoms. The lowest BCUT2D eigenvalue weighted by Crippen LogP contribution is -2.52. The number of nitrogens with zero attached hydrogens (tertiary/aromatic N) is 2. The summed E-state index contributed by atoms with van der Waals surface area (Å²) in [5.41, 5.74) is 3.74. The summed E-state index contributed by atoms with van der Waals surface area (Å²) in [6.45, 7) is 4.91. The lowest BCUT2D eigenvalue weighted by atomic mass is 9.92. The van der Waals surface area contributed by atoms with Gasteiger partial charge in [0.25, 0.3) is 5.91 Å². The number of carbonyl (C=O) groups excluding carboxylic acids is 3. The van der Waals surface area contributed by atoms with Gasteiger partial charge in [-0.1, -0.05) is 50.2 Å². The Balaban J connectivity index is 1.77. The molecular weight excluding hydrogens is 390 g/mol. The molecule has 1 heterocycles. The van der Waals surface area contributed by atoms with Crippen LogP contribution in [0, 0.1) is 5.92 Å². The molecule has 1 aliphatic heterocycles. The first-order chi connectivity index (χ1) is 14.8. The number of rotatable bonds is 6. The Hall–Kier alpha value is -3.15. The highest BCUT2D eigenvalue weighted by atomic mass is 16.2. The van der Waals surface area contributed by atoms with Crippen LogP contribution in [0.25, 0.3) is 0 Å². The minimum absolute atomic E-state index is 0.0196. The number of likely N-dealkylation sites (N-methyl/N-ethyl adjacent to an activating group) is 1. The molecule has 6 heteroatoms. The molecule has 0 bridgehead atoms. The maximum Gasteiger partial charge on any atom is 0.251 e. The third-order valence-corrected chi connectivity index (χ3v) is 5.68. The van der Waals surface area contributed by atoms with Gasteiger partial charge in [0.15, 0.2) is 0 Å². The van der Waals surface area contributed by atoms with Crippen molar-refractivity contribution < 1.29 is 14.4 Å². The lowest BCUT2D eigenvalue weighted by molar-refractivity contribution is -0.147. The normalized spacial score (nSPS) is 15.4. The van der Waals surface area contributed by atoms with Crippen LogP contribution in [-0.4, -0.2) is 47.7 Å². The number of hydrogen-bond donors (Lipinski definition) is 1. The van der Waals surface area contributed by atoms with Crippen molar-refractivity contribution in [3.63, 3.8) is 0 Å². The Bertz CT molecular complexity index is 953. The fourth-order valence-electron chi connectivity index (χ4n) is 3.98. The van der Waals surface area contributed by atoms with Crippen LogP contribution in [0.5, 0.6) is 0 Å². The van der Waals surface area contributed by atoms with Crippen molar-refractivity contribution in [1.82, 2.24) is 15.1 Å². The Morgan fingerprint density at radius 3 is 2.32 bits per heavy atom. The van der Waals surface area contributed by atoms with Crippen LogP contribution in [-0.2, 0) is 29.1 Å². The van der Waals surface area contributed by atoms with Gasteiger partial charge in [0, 0.05) is 45.6 Å². The summed E-state index contributed by atoms with van der Waals surface area (Å²) in [6.07, 6.45) is 0.954. The second kappa shape index (κ2) is 9.77. The van der Waals surface area contributed by atoms with Gasteiger partial charge in [0.1, 0.15) is 6.04 Å². The Morgan fingerprint density at radius 2 is 1.71 bits per heavy atom. The molecule has 1 aliphatic rings. The summed E-state index contributed by atoms with van der Waals surface area (Å²) in [5.74, 6) is 0.0429. The highest BCUT2D eigenvalue weighted by Crippen LogP contribution is 2.26. The summed E-state index contributed by atoms with van der Waals surface area (Å²) in [6, 6.07) is 14.7. The van der Waals surface area contributed by atoms with Gasteiger partial charge in [-0.15, -0.1) is 0 Å². The molecule has 0 aromatic heterocycles. The molecule has 0 saturated carbocycles. The van der Waals surface area contributed by atoms with Gasteiger partial charge in [0.05, 0.1) is 0 Å². The van der Waals surface area contributed by atoms with Crippen molar-refractivity contribution >= 4 is 17.7 Å². The third kappa shape index (κ3) is 5.32. The lowest BCUT2D eigenvalue weighted by Gasteiger charge is -2.38. The predicted molar refractivity (Wildman–Crippen MR) is 120 cm³/mol. The molecule has 6 nitrogen and oxygen atoms in total. The zero-order valence-corrected chi connectivity index (χ0v) is 18.7. The molecule has 164 valence electrons. The molecule has 3 amide bonds. The molecular formula is C25H31N3O3. The Kier molecular flexibility index (Phi) is 7.10.